The molecule has 4 atom stereocenters. The molecule has 1 fully saturated rings. The Hall–Kier alpha value is -4.59. The molecule has 3 aromatic carbocycles. The molecule has 2 N–H and O–H groups in total. The van der Waals surface area contributed by atoms with Crippen LogP contribution in [0.4, 0.5) is 0 Å². The summed E-state index contributed by atoms with van der Waals surface area (Å²) >= 11 is 0. The molecular formula is C34H36N2O6. The number of Topliss-reactive ketones (excluding diaryl/α,β-unsaturated/α-hetero) is 1. The van der Waals surface area contributed by atoms with Crippen molar-refractivity contribution in [3.63, 3.8) is 0 Å². The standard InChI is InChI=1S/C34H36N2O6/c1-20-30(34(40)42-19-21-9-7-11-23(15-21)33(39)36(2)3)31(22-10-8-12-25(37)16-22)32-27(35-20)17-24(18-28(32)38)26-13-5-6-14-29(26)41-4/h5-16,24,27,31-32,35,37H,17-19H2,1-4H3/t24-,27?,31?,32?/m1/s1. The zero-order valence-electron chi connectivity index (χ0n) is 24.3. The number of esters is 1. The molecule has 0 bridgehead atoms. The van der Waals surface area contributed by atoms with E-state index in [0.29, 0.717) is 40.8 Å². The fourth-order valence-corrected chi connectivity index (χ4v) is 6.37. The second-order valence-electron chi connectivity index (χ2n) is 11.2. The minimum atomic E-state index is -0.594. The third-order valence-electron chi connectivity index (χ3n) is 8.25. The van der Waals surface area contributed by atoms with E-state index in [4.69, 9.17) is 9.47 Å². The van der Waals surface area contributed by atoms with E-state index in [-0.39, 0.29) is 36.0 Å². The van der Waals surface area contributed by atoms with Gasteiger partial charge in [0, 0.05) is 49.7 Å². The number of carbonyl (C=O) groups excluding carboxylic acids is 3. The van der Waals surface area contributed by atoms with E-state index in [0.717, 1.165) is 11.3 Å². The lowest BCUT2D eigenvalue weighted by Gasteiger charge is -2.45. The van der Waals surface area contributed by atoms with Crippen molar-refractivity contribution in [2.45, 2.75) is 44.2 Å². The van der Waals surface area contributed by atoms with Crippen LogP contribution in [0.1, 0.15) is 58.6 Å². The zero-order chi connectivity index (χ0) is 30.0. The summed E-state index contributed by atoms with van der Waals surface area (Å²) in [5, 5.41) is 13.8. The van der Waals surface area contributed by atoms with E-state index < -0.39 is 17.8 Å². The van der Waals surface area contributed by atoms with Crippen molar-refractivity contribution >= 4 is 17.7 Å². The van der Waals surface area contributed by atoms with Crippen LogP contribution in [0.2, 0.25) is 0 Å². The maximum Gasteiger partial charge on any atom is 0.336 e. The number of phenols is 1. The summed E-state index contributed by atoms with van der Waals surface area (Å²) in [4.78, 5) is 41.6. The van der Waals surface area contributed by atoms with Gasteiger partial charge in [-0.2, -0.15) is 0 Å². The third-order valence-corrected chi connectivity index (χ3v) is 8.25. The van der Waals surface area contributed by atoms with Crippen LogP contribution in [-0.2, 0) is 20.9 Å². The van der Waals surface area contributed by atoms with Gasteiger partial charge in [-0.3, -0.25) is 9.59 Å². The molecular weight excluding hydrogens is 532 g/mol. The number of nitrogens with one attached hydrogen (secondary N) is 1. The molecule has 0 radical (unpaired) electrons. The lowest BCUT2D eigenvalue weighted by atomic mass is 9.64. The molecule has 1 heterocycles. The highest BCUT2D eigenvalue weighted by molar-refractivity contribution is 5.95. The first-order chi connectivity index (χ1) is 20.2. The molecule has 3 aromatic rings. The number of para-hydroxylation sites is 1. The van der Waals surface area contributed by atoms with Gasteiger partial charge in [-0.1, -0.05) is 42.5 Å². The number of hydrogen-bond acceptors (Lipinski definition) is 7. The van der Waals surface area contributed by atoms with Crippen LogP contribution in [0.15, 0.2) is 84.1 Å². The Labute approximate surface area is 245 Å². The van der Waals surface area contributed by atoms with E-state index in [1.54, 1.807) is 63.7 Å². The fourth-order valence-electron chi connectivity index (χ4n) is 6.37. The van der Waals surface area contributed by atoms with Crippen molar-refractivity contribution in [2.24, 2.45) is 5.92 Å². The van der Waals surface area contributed by atoms with Crippen molar-refractivity contribution in [3.8, 4) is 11.5 Å². The minimum absolute atomic E-state index is 0.0329. The predicted molar refractivity (Wildman–Crippen MR) is 158 cm³/mol. The van der Waals surface area contributed by atoms with Gasteiger partial charge in [0.2, 0.25) is 0 Å². The van der Waals surface area contributed by atoms with Gasteiger partial charge in [-0.05, 0) is 66.3 Å². The van der Waals surface area contributed by atoms with Crippen LogP contribution in [-0.4, -0.2) is 54.9 Å². The maximum atomic E-state index is 13.9. The van der Waals surface area contributed by atoms with Crippen molar-refractivity contribution in [1.29, 1.82) is 0 Å². The summed E-state index contributed by atoms with van der Waals surface area (Å²) in [6.07, 6.45) is 0.991. The Balaban J connectivity index is 1.46. The summed E-state index contributed by atoms with van der Waals surface area (Å²) in [6.45, 7) is 1.80. The van der Waals surface area contributed by atoms with E-state index in [2.05, 4.69) is 5.32 Å². The second kappa shape index (κ2) is 12.1. The van der Waals surface area contributed by atoms with Crippen molar-refractivity contribution < 1.29 is 29.0 Å². The zero-order valence-corrected chi connectivity index (χ0v) is 24.3. The first-order valence-corrected chi connectivity index (χ1v) is 14.1. The monoisotopic (exact) mass is 568 g/mol. The lowest BCUT2D eigenvalue weighted by Crippen LogP contribution is -2.52. The van der Waals surface area contributed by atoms with Crippen LogP contribution in [0, 0.1) is 5.92 Å². The number of rotatable bonds is 7. The SMILES string of the molecule is COc1ccccc1[C@H]1CC(=O)C2C(C1)NC(C)=C(C(=O)OCc1cccc(C(=O)N(C)C)c1)C2c1cccc(O)c1. The van der Waals surface area contributed by atoms with Gasteiger partial charge in [-0.15, -0.1) is 0 Å². The summed E-state index contributed by atoms with van der Waals surface area (Å²) in [5.41, 5.74) is 3.86. The first kappa shape index (κ1) is 28.9. The molecule has 5 rings (SSSR count). The number of allylic oxidation sites excluding steroid dienone is 1. The van der Waals surface area contributed by atoms with E-state index in [1.807, 2.05) is 37.3 Å². The fraction of sp³-hybridized carbons (Fsp3) is 0.324. The number of hydrogen-bond donors (Lipinski definition) is 2. The molecule has 1 amide bonds. The highest BCUT2D eigenvalue weighted by atomic mass is 16.5. The Kier molecular flexibility index (Phi) is 8.34. The molecule has 8 nitrogen and oxygen atoms in total. The van der Waals surface area contributed by atoms with Crippen molar-refractivity contribution in [1.82, 2.24) is 10.2 Å². The summed E-state index contributed by atoms with van der Waals surface area (Å²) < 4.78 is 11.4. The molecule has 1 aliphatic carbocycles. The van der Waals surface area contributed by atoms with Gasteiger partial charge in [-0.25, -0.2) is 4.79 Å². The minimum Gasteiger partial charge on any atom is -0.508 e. The number of fused-ring (bicyclic) bond motifs is 1. The molecule has 0 aromatic heterocycles. The van der Waals surface area contributed by atoms with Gasteiger partial charge in [0.1, 0.15) is 23.9 Å². The molecule has 0 spiro atoms. The van der Waals surface area contributed by atoms with Crippen LogP contribution < -0.4 is 10.1 Å². The number of amides is 1. The molecule has 2 aliphatic rings. The average Bonchev–Trinajstić information content (AvgIpc) is 2.98. The van der Waals surface area contributed by atoms with E-state index in [1.165, 1.54) is 4.90 Å². The molecule has 3 unspecified atom stereocenters. The van der Waals surface area contributed by atoms with Crippen LogP contribution in [0.3, 0.4) is 0 Å². The summed E-state index contributed by atoms with van der Waals surface area (Å²) in [6, 6.07) is 21.3. The number of benzene rings is 3. The Morgan fingerprint density at radius 3 is 2.52 bits per heavy atom. The topological polar surface area (TPSA) is 105 Å². The number of nitrogens with zero attached hydrogens (tertiary/aromatic N) is 1. The normalized spacial score (nSPS) is 21.7. The second-order valence-corrected chi connectivity index (χ2v) is 11.2. The summed E-state index contributed by atoms with van der Waals surface area (Å²) in [5.74, 6) is -0.992. The maximum absolute atomic E-state index is 13.9. The number of ketones is 1. The average molecular weight is 569 g/mol. The quantitative estimate of drug-likeness (QED) is 0.389. The molecule has 8 heteroatoms. The molecule has 1 saturated carbocycles. The number of carbonyl (C=O) groups is 3. The largest absolute Gasteiger partial charge is 0.508 e. The number of aromatic hydroxyl groups is 1. The number of ether oxygens (including phenoxy) is 2. The van der Waals surface area contributed by atoms with Gasteiger partial charge in [0.05, 0.1) is 12.7 Å². The Morgan fingerprint density at radius 1 is 1.02 bits per heavy atom. The Morgan fingerprint density at radius 2 is 1.79 bits per heavy atom. The lowest BCUT2D eigenvalue weighted by molar-refractivity contribution is -0.141. The van der Waals surface area contributed by atoms with Gasteiger partial charge in [0.25, 0.3) is 5.91 Å². The Bertz CT molecular complexity index is 1540. The van der Waals surface area contributed by atoms with Gasteiger partial charge < -0.3 is 24.8 Å². The van der Waals surface area contributed by atoms with E-state index in [9.17, 15) is 19.5 Å². The number of methoxy groups -OCH3 is 1. The van der Waals surface area contributed by atoms with Gasteiger partial charge in [0.15, 0.2) is 0 Å². The first-order valence-electron chi connectivity index (χ1n) is 14.1. The van der Waals surface area contributed by atoms with Crippen LogP contribution in [0.25, 0.3) is 0 Å². The number of phenolic OH excluding ortho intramolecular Hbond substituents is 1. The predicted octanol–water partition coefficient (Wildman–Crippen LogP) is 4.94. The van der Waals surface area contributed by atoms with Crippen molar-refractivity contribution in [3.05, 3.63) is 106 Å². The third kappa shape index (κ3) is 5.75. The van der Waals surface area contributed by atoms with E-state index >= 15 is 0 Å². The van der Waals surface area contributed by atoms with Crippen LogP contribution >= 0.6 is 0 Å². The molecule has 42 heavy (non-hydrogen) atoms. The van der Waals surface area contributed by atoms with Crippen LogP contribution in [0.5, 0.6) is 11.5 Å². The molecule has 0 saturated heterocycles. The summed E-state index contributed by atoms with van der Waals surface area (Å²) in [7, 11) is 4.99. The molecule has 1 aliphatic heterocycles. The highest BCUT2D eigenvalue weighted by Crippen LogP contribution is 2.48. The van der Waals surface area contributed by atoms with Gasteiger partial charge >= 0.3 is 5.97 Å². The molecule has 218 valence electrons. The smallest absolute Gasteiger partial charge is 0.336 e. The highest BCUT2D eigenvalue weighted by Gasteiger charge is 2.48. The van der Waals surface area contributed by atoms with Crippen molar-refractivity contribution in [2.75, 3.05) is 21.2 Å².